The molecule has 0 aliphatic heterocycles. The molecule has 1 spiro atoms. The Morgan fingerprint density at radius 1 is 1.25 bits per heavy atom. The van der Waals surface area contributed by atoms with Crippen molar-refractivity contribution in [2.45, 2.75) is 45.0 Å². The fourth-order valence-corrected chi connectivity index (χ4v) is 7.95. The van der Waals surface area contributed by atoms with Crippen LogP contribution in [0.5, 0.6) is 0 Å². The molecule has 234 valence electrons. The Bertz CT molecular complexity index is 1690. The first kappa shape index (κ1) is 31.6. The van der Waals surface area contributed by atoms with Crippen molar-refractivity contribution in [1.29, 1.82) is 0 Å². The molecule has 1 saturated carbocycles. The number of halogens is 3. The number of nitrogens with two attached hydrogens (primary N) is 1. The second kappa shape index (κ2) is 11.9. The van der Waals surface area contributed by atoms with E-state index in [1.165, 1.54) is 44.4 Å². The van der Waals surface area contributed by atoms with Crippen molar-refractivity contribution in [2.24, 2.45) is 33.0 Å². The van der Waals surface area contributed by atoms with Crippen LogP contribution in [0.4, 0.5) is 18.9 Å². The largest absolute Gasteiger partial charge is 0.374 e. The van der Waals surface area contributed by atoms with Gasteiger partial charge in [0, 0.05) is 31.8 Å². The number of hydrazine groups is 1. The van der Waals surface area contributed by atoms with Crippen LogP contribution in [0.15, 0.2) is 75.5 Å². The van der Waals surface area contributed by atoms with E-state index in [0.717, 1.165) is 11.9 Å². The fraction of sp³-hybridized carbons (Fsp3) is 0.419. The lowest BCUT2D eigenvalue weighted by Crippen LogP contribution is -2.46. The minimum atomic E-state index is -3.96. The summed E-state index contributed by atoms with van der Waals surface area (Å²) in [6.07, 6.45) is 5.20. The first-order valence-corrected chi connectivity index (χ1v) is 16.0. The average molecular weight is 629 g/mol. The summed E-state index contributed by atoms with van der Waals surface area (Å²) in [4.78, 5) is 26.1. The smallest absolute Gasteiger partial charge is 0.276 e. The van der Waals surface area contributed by atoms with Crippen molar-refractivity contribution in [3.63, 3.8) is 0 Å². The summed E-state index contributed by atoms with van der Waals surface area (Å²) < 4.78 is 71.6. The van der Waals surface area contributed by atoms with Crippen LogP contribution >= 0.6 is 0 Å². The van der Waals surface area contributed by atoms with Crippen LogP contribution in [0.3, 0.4) is 0 Å². The Kier molecular flexibility index (Phi) is 8.56. The molecule has 3 atom stereocenters. The van der Waals surface area contributed by atoms with Gasteiger partial charge in [-0.15, -0.1) is 0 Å². The first-order chi connectivity index (χ1) is 20.8. The highest BCUT2D eigenvalue weighted by atomic mass is 32.2. The molecule has 2 aromatic rings. The second-order valence-electron chi connectivity index (χ2n) is 11.7. The zero-order valence-electron chi connectivity index (χ0n) is 24.7. The van der Waals surface area contributed by atoms with Crippen LogP contribution in [-0.2, 0) is 15.8 Å². The number of amidine groups is 1. The maximum absolute atomic E-state index is 15.8. The van der Waals surface area contributed by atoms with Crippen LogP contribution in [0.25, 0.3) is 0 Å². The van der Waals surface area contributed by atoms with E-state index < -0.39 is 49.8 Å². The van der Waals surface area contributed by atoms with Gasteiger partial charge in [-0.2, -0.15) is 0 Å². The summed E-state index contributed by atoms with van der Waals surface area (Å²) in [5.74, 6) is -6.03. The van der Waals surface area contributed by atoms with Crippen molar-refractivity contribution in [2.75, 3.05) is 24.9 Å². The molecule has 2 unspecified atom stereocenters. The summed E-state index contributed by atoms with van der Waals surface area (Å²) in [5, 5.41) is 1.15. The van der Waals surface area contributed by atoms with E-state index in [4.69, 9.17) is 5.73 Å². The summed E-state index contributed by atoms with van der Waals surface area (Å²) in [6.45, 7) is 1.47. The highest BCUT2D eigenvalue weighted by Crippen LogP contribution is 2.55. The zero-order chi connectivity index (χ0) is 31.9. The minimum Gasteiger partial charge on any atom is -0.374 e. The van der Waals surface area contributed by atoms with Gasteiger partial charge < -0.3 is 5.73 Å². The lowest BCUT2D eigenvalue weighted by molar-refractivity contribution is -0.0589. The summed E-state index contributed by atoms with van der Waals surface area (Å²) >= 11 is 0. The van der Waals surface area contributed by atoms with Gasteiger partial charge in [-0.25, -0.2) is 32.0 Å². The molecule has 13 heteroatoms. The summed E-state index contributed by atoms with van der Waals surface area (Å²) in [5.41, 5.74) is 9.84. The molecule has 1 aromatic heterocycles. The Labute approximate surface area is 254 Å². The molecule has 1 heterocycles. The van der Waals surface area contributed by atoms with E-state index in [1.807, 2.05) is 6.08 Å². The van der Waals surface area contributed by atoms with Gasteiger partial charge in [0.25, 0.3) is 5.92 Å². The third kappa shape index (κ3) is 5.70. The molecule has 5 rings (SSSR count). The number of nitrogens with zero attached hydrogens (tertiary/aromatic N) is 4. The van der Waals surface area contributed by atoms with Gasteiger partial charge in [-0.1, -0.05) is 12.5 Å². The van der Waals surface area contributed by atoms with E-state index in [2.05, 4.69) is 20.4 Å². The van der Waals surface area contributed by atoms with Crippen LogP contribution in [0, 0.1) is 23.1 Å². The van der Waals surface area contributed by atoms with Gasteiger partial charge in [0.05, 0.1) is 22.6 Å². The van der Waals surface area contributed by atoms with Crippen molar-refractivity contribution in [3.8, 4) is 0 Å². The van der Waals surface area contributed by atoms with Crippen molar-refractivity contribution >= 4 is 32.8 Å². The number of aromatic nitrogens is 1. The summed E-state index contributed by atoms with van der Waals surface area (Å²) in [7, 11) is -0.850. The van der Waals surface area contributed by atoms with Gasteiger partial charge in [0.2, 0.25) is 15.0 Å². The SMILES string of the molecule is CN=CN=C(N)S(=O)(=O)CC1CCC2=CC(N(NC)c3ccc(F)cc3)=C3CC(C)C(F)(F)c4ccnc(c4)C(=O)[C@@]2(C3)C1. The fourth-order valence-electron chi connectivity index (χ4n) is 6.66. The normalized spacial score (nSPS) is 25.5. The molecule has 3 aliphatic rings. The highest BCUT2D eigenvalue weighted by Gasteiger charge is 2.52. The van der Waals surface area contributed by atoms with E-state index in [1.54, 1.807) is 24.2 Å². The van der Waals surface area contributed by atoms with Gasteiger partial charge >= 0.3 is 0 Å². The lowest BCUT2D eigenvalue weighted by Gasteiger charge is -2.47. The number of sulfone groups is 1. The molecular weight excluding hydrogens is 593 g/mol. The van der Waals surface area contributed by atoms with Crippen LogP contribution in [0.1, 0.15) is 55.1 Å². The number of pyridine rings is 1. The zero-order valence-corrected chi connectivity index (χ0v) is 25.5. The van der Waals surface area contributed by atoms with Crippen LogP contribution < -0.4 is 16.2 Å². The number of alkyl halides is 2. The molecule has 0 radical (unpaired) electrons. The first-order valence-electron chi connectivity index (χ1n) is 14.3. The number of carbonyl (C=O) groups is 1. The maximum Gasteiger partial charge on any atom is 0.276 e. The molecular formula is C31H35F3N6O3S. The minimum absolute atomic E-state index is 0.0445. The molecule has 1 fully saturated rings. The monoisotopic (exact) mass is 628 g/mol. The maximum atomic E-state index is 15.8. The average Bonchev–Trinajstić information content (AvgIpc) is 3.00. The standard InChI is InChI=1S/C31H35F3N6O3S/c1-19-12-21-16-30(28(41)26-13-23(10-11-38-26)31(19,33)34)15-20(17-44(42,43)29(35)39-18-36-2)4-5-22(30)14-27(21)40(37-3)25-8-6-24(32)7-9-25/h6-11,13-14,18-20,37H,4-5,12,15-17H2,1-3H3,(H2,35,36,39)/t19?,20?,30-/m1/s1. The predicted octanol–water partition coefficient (Wildman–Crippen LogP) is 4.93. The molecule has 9 nitrogen and oxygen atoms in total. The molecule has 0 amide bonds. The van der Waals surface area contributed by atoms with E-state index in [9.17, 15) is 17.6 Å². The van der Waals surface area contributed by atoms with Gasteiger partial charge in [0.15, 0.2) is 5.78 Å². The van der Waals surface area contributed by atoms with Crippen LogP contribution in [0.2, 0.25) is 0 Å². The van der Waals surface area contributed by atoms with Gasteiger partial charge in [0.1, 0.15) is 17.8 Å². The number of ketones is 1. The number of benzene rings is 1. The van der Waals surface area contributed by atoms with E-state index in [-0.39, 0.29) is 36.3 Å². The topological polar surface area (TPSA) is 130 Å². The van der Waals surface area contributed by atoms with Crippen molar-refractivity contribution in [1.82, 2.24) is 10.4 Å². The predicted molar refractivity (Wildman–Crippen MR) is 164 cm³/mol. The number of aliphatic imine (C=N–C) groups is 2. The van der Waals surface area contributed by atoms with Gasteiger partial charge in [-0.3, -0.25) is 19.8 Å². The number of carbonyl (C=O) groups excluding carboxylic acids is 1. The number of hydrogen-bond donors (Lipinski definition) is 2. The number of allylic oxidation sites excluding steroid dienone is 3. The molecule has 44 heavy (non-hydrogen) atoms. The Hall–Kier alpha value is -3.84. The van der Waals surface area contributed by atoms with E-state index in [0.29, 0.717) is 29.8 Å². The quantitative estimate of drug-likeness (QED) is 0.264. The molecule has 3 N–H and O–H groups in total. The lowest BCUT2D eigenvalue weighted by atomic mass is 9.58. The summed E-state index contributed by atoms with van der Waals surface area (Å²) in [6, 6.07) is 8.17. The Balaban J connectivity index is 1.66. The number of Topliss-reactive ketones (excluding diaryl/α,β-unsaturated/α-hetero) is 1. The van der Waals surface area contributed by atoms with Crippen molar-refractivity contribution < 1.29 is 26.4 Å². The third-order valence-corrected chi connectivity index (χ3v) is 10.5. The molecule has 4 bridgehead atoms. The third-order valence-electron chi connectivity index (χ3n) is 8.87. The molecule has 1 aromatic carbocycles. The number of fused-ring (bicyclic) bond motifs is 3. The molecule has 3 aliphatic carbocycles. The van der Waals surface area contributed by atoms with E-state index >= 15 is 8.78 Å². The van der Waals surface area contributed by atoms with Crippen molar-refractivity contribution in [3.05, 3.63) is 82.6 Å². The number of anilines is 1. The van der Waals surface area contributed by atoms with Gasteiger partial charge in [-0.05, 0) is 86.1 Å². The Morgan fingerprint density at radius 3 is 2.66 bits per heavy atom. The second-order valence-corrected chi connectivity index (χ2v) is 13.7. The number of nitrogens with one attached hydrogen (secondary N) is 1. The molecule has 0 saturated heterocycles. The highest BCUT2D eigenvalue weighted by molar-refractivity contribution is 8.06. The number of rotatable bonds is 6. The Morgan fingerprint density at radius 2 is 1.98 bits per heavy atom. The number of hydrogen-bond acceptors (Lipinski definition) is 7. The van der Waals surface area contributed by atoms with Crippen LogP contribution in [-0.4, -0.2) is 50.5 Å².